The van der Waals surface area contributed by atoms with Crippen LogP contribution in [0.4, 0.5) is 0 Å². The van der Waals surface area contributed by atoms with Crippen molar-refractivity contribution in [2.75, 3.05) is 19.6 Å². The molecule has 0 saturated heterocycles. The Bertz CT molecular complexity index is 210. The number of nitrogens with two attached hydrogens (primary N) is 1. The van der Waals surface area contributed by atoms with Gasteiger partial charge in [-0.15, -0.1) is 0 Å². The van der Waals surface area contributed by atoms with E-state index in [0.29, 0.717) is 19.0 Å². The Kier molecular flexibility index (Phi) is 4.58. The van der Waals surface area contributed by atoms with Crippen LogP contribution in [0, 0.1) is 5.41 Å². The molecule has 3 heteroatoms. The Hall–Kier alpha value is -0.570. The van der Waals surface area contributed by atoms with Crippen molar-refractivity contribution in [3.8, 4) is 0 Å². The molecule has 1 fully saturated rings. The largest absolute Gasteiger partial charge is 0.341 e. The van der Waals surface area contributed by atoms with Gasteiger partial charge in [-0.25, -0.2) is 0 Å². The average Bonchev–Trinajstić information content (AvgIpc) is 2.74. The van der Waals surface area contributed by atoms with Crippen LogP contribution < -0.4 is 5.73 Å². The molecule has 1 amide bonds. The van der Waals surface area contributed by atoms with Crippen LogP contribution >= 0.6 is 0 Å². The topological polar surface area (TPSA) is 46.3 Å². The molecule has 2 N–H and O–H groups in total. The van der Waals surface area contributed by atoms with Gasteiger partial charge in [-0.05, 0) is 26.2 Å². The van der Waals surface area contributed by atoms with Gasteiger partial charge in [0.15, 0.2) is 0 Å². The molecule has 0 spiro atoms. The molecule has 0 aromatic heterocycles. The van der Waals surface area contributed by atoms with E-state index in [1.807, 2.05) is 11.8 Å². The van der Waals surface area contributed by atoms with Crippen molar-refractivity contribution < 1.29 is 4.79 Å². The summed E-state index contributed by atoms with van der Waals surface area (Å²) in [6.45, 7) is 6.24. The van der Waals surface area contributed by atoms with E-state index in [2.05, 4.69) is 6.92 Å². The summed E-state index contributed by atoms with van der Waals surface area (Å²) in [4.78, 5) is 14.3. The Morgan fingerprint density at radius 1 is 1.33 bits per heavy atom. The van der Waals surface area contributed by atoms with Crippen LogP contribution in [0.5, 0.6) is 0 Å². The molecule has 0 aromatic carbocycles. The SMILES string of the molecule is CCN(CCN)C(=O)C1(CC)CCCC1. The summed E-state index contributed by atoms with van der Waals surface area (Å²) >= 11 is 0. The lowest BCUT2D eigenvalue weighted by molar-refractivity contribution is -0.141. The molecule has 0 radical (unpaired) electrons. The lowest BCUT2D eigenvalue weighted by Crippen LogP contribution is -2.44. The minimum Gasteiger partial charge on any atom is -0.341 e. The predicted octanol–water partition coefficient (Wildman–Crippen LogP) is 1.76. The molecule has 3 nitrogen and oxygen atoms in total. The zero-order valence-electron chi connectivity index (χ0n) is 10.1. The molecular formula is C12H24N2O. The molecule has 1 saturated carbocycles. The van der Waals surface area contributed by atoms with Gasteiger partial charge in [0.2, 0.25) is 5.91 Å². The summed E-state index contributed by atoms with van der Waals surface area (Å²) in [6.07, 6.45) is 5.54. The average molecular weight is 212 g/mol. The molecule has 15 heavy (non-hydrogen) atoms. The van der Waals surface area contributed by atoms with Gasteiger partial charge in [0.25, 0.3) is 0 Å². The number of amides is 1. The smallest absolute Gasteiger partial charge is 0.228 e. The lowest BCUT2D eigenvalue weighted by atomic mass is 9.82. The standard InChI is InChI=1S/C12H24N2O/c1-3-12(7-5-6-8-12)11(15)14(4-2)10-9-13/h3-10,13H2,1-2H3. The van der Waals surface area contributed by atoms with Gasteiger partial charge in [0, 0.05) is 25.0 Å². The second-order valence-corrected chi connectivity index (χ2v) is 4.51. The van der Waals surface area contributed by atoms with Crippen LogP contribution in [0.3, 0.4) is 0 Å². The zero-order chi connectivity index (χ0) is 11.3. The van der Waals surface area contributed by atoms with Gasteiger partial charge in [0.05, 0.1) is 0 Å². The summed E-state index contributed by atoms with van der Waals surface area (Å²) in [5.41, 5.74) is 5.48. The van der Waals surface area contributed by atoms with Gasteiger partial charge >= 0.3 is 0 Å². The molecule has 0 atom stereocenters. The van der Waals surface area contributed by atoms with Crippen LogP contribution in [-0.4, -0.2) is 30.4 Å². The van der Waals surface area contributed by atoms with Crippen molar-refractivity contribution in [3.05, 3.63) is 0 Å². The Morgan fingerprint density at radius 3 is 2.33 bits per heavy atom. The Morgan fingerprint density at radius 2 is 1.93 bits per heavy atom. The number of rotatable bonds is 5. The summed E-state index contributed by atoms with van der Waals surface area (Å²) in [5, 5.41) is 0. The first-order valence-electron chi connectivity index (χ1n) is 6.19. The molecule has 0 bridgehead atoms. The van der Waals surface area contributed by atoms with Gasteiger partial charge in [0.1, 0.15) is 0 Å². The first-order chi connectivity index (χ1) is 7.20. The van der Waals surface area contributed by atoms with E-state index in [4.69, 9.17) is 5.73 Å². The van der Waals surface area contributed by atoms with Crippen molar-refractivity contribution >= 4 is 5.91 Å². The quantitative estimate of drug-likeness (QED) is 0.755. The highest BCUT2D eigenvalue weighted by Gasteiger charge is 2.41. The van der Waals surface area contributed by atoms with E-state index in [1.54, 1.807) is 0 Å². The maximum Gasteiger partial charge on any atom is 0.228 e. The molecule has 0 aromatic rings. The second kappa shape index (κ2) is 5.50. The fourth-order valence-electron chi connectivity index (χ4n) is 2.66. The van der Waals surface area contributed by atoms with Crippen LogP contribution in [-0.2, 0) is 4.79 Å². The lowest BCUT2D eigenvalue weighted by Gasteiger charge is -2.33. The highest BCUT2D eigenvalue weighted by atomic mass is 16.2. The van der Waals surface area contributed by atoms with Crippen LogP contribution in [0.25, 0.3) is 0 Å². The molecule has 1 rings (SSSR count). The van der Waals surface area contributed by atoms with Crippen molar-refractivity contribution in [1.82, 2.24) is 4.90 Å². The fraction of sp³-hybridized carbons (Fsp3) is 0.917. The van der Waals surface area contributed by atoms with E-state index in [9.17, 15) is 4.79 Å². The van der Waals surface area contributed by atoms with E-state index in [1.165, 1.54) is 12.8 Å². The summed E-state index contributed by atoms with van der Waals surface area (Å²) in [5.74, 6) is 0.343. The number of hydrogen-bond donors (Lipinski definition) is 1. The molecule has 0 unspecified atom stereocenters. The first-order valence-corrected chi connectivity index (χ1v) is 6.19. The highest BCUT2D eigenvalue weighted by Crippen LogP contribution is 2.42. The minimum absolute atomic E-state index is 0.0504. The van der Waals surface area contributed by atoms with Crippen LogP contribution in [0.2, 0.25) is 0 Å². The van der Waals surface area contributed by atoms with Gasteiger partial charge < -0.3 is 10.6 Å². The number of nitrogens with zero attached hydrogens (tertiary/aromatic N) is 1. The maximum atomic E-state index is 12.4. The van der Waals surface area contributed by atoms with E-state index >= 15 is 0 Å². The number of hydrogen-bond acceptors (Lipinski definition) is 2. The van der Waals surface area contributed by atoms with Crippen molar-refractivity contribution in [2.24, 2.45) is 11.1 Å². The van der Waals surface area contributed by atoms with Crippen molar-refractivity contribution in [3.63, 3.8) is 0 Å². The minimum atomic E-state index is -0.0504. The monoisotopic (exact) mass is 212 g/mol. The molecular weight excluding hydrogens is 188 g/mol. The normalized spacial score (nSPS) is 19.1. The highest BCUT2D eigenvalue weighted by molar-refractivity contribution is 5.83. The number of likely N-dealkylation sites (N-methyl/N-ethyl adjacent to an activating group) is 1. The van der Waals surface area contributed by atoms with Crippen LogP contribution in [0.1, 0.15) is 46.0 Å². The van der Waals surface area contributed by atoms with Gasteiger partial charge in [-0.1, -0.05) is 19.8 Å². The molecule has 1 aliphatic carbocycles. The molecule has 0 heterocycles. The third kappa shape index (κ3) is 2.51. The van der Waals surface area contributed by atoms with Crippen molar-refractivity contribution in [1.29, 1.82) is 0 Å². The van der Waals surface area contributed by atoms with Gasteiger partial charge in [-0.2, -0.15) is 0 Å². The van der Waals surface area contributed by atoms with Crippen molar-refractivity contribution in [2.45, 2.75) is 46.0 Å². The van der Waals surface area contributed by atoms with E-state index < -0.39 is 0 Å². The van der Waals surface area contributed by atoms with E-state index in [0.717, 1.165) is 25.8 Å². The molecule has 88 valence electrons. The number of carbonyl (C=O) groups excluding carboxylic acids is 1. The zero-order valence-corrected chi connectivity index (χ0v) is 10.1. The first kappa shape index (κ1) is 12.5. The molecule has 0 aliphatic heterocycles. The third-order valence-electron chi connectivity index (χ3n) is 3.76. The predicted molar refractivity (Wildman–Crippen MR) is 62.5 cm³/mol. The Balaban J connectivity index is 2.70. The maximum absolute atomic E-state index is 12.4. The Labute approximate surface area is 93.0 Å². The van der Waals surface area contributed by atoms with Gasteiger partial charge in [-0.3, -0.25) is 4.79 Å². The second-order valence-electron chi connectivity index (χ2n) is 4.51. The van der Waals surface area contributed by atoms with Crippen LogP contribution in [0.15, 0.2) is 0 Å². The fourth-order valence-corrected chi connectivity index (χ4v) is 2.66. The summed E-state index contributed by atoms with van der Waals surface area (Å²) in [6, 6.07) is 0. The summed E-state index contributed by atoms with van der Waals surface area (Å²) in [7, 11) is 0. The third-order valence-corrected chi connectivity index (χ3v) is 3.76. The summed E-state index contributed by atoms with van der Waals surface area (Å²) < 4.78 is 0. The number of carbonyl (C=O) groups is 1. The van der Waals surface area contributed by atoms with E-state index in [-0.39, 0.29) is 5.41 Å². The molecule has 1 aliphatic rings.